The van der Waals surface area contributed by atoms with E-state index in [1.165, 1.54) is 24.3 Å². The molecule has 0 atom stereocenters. The molecule has 0 saturated heterocycles. The van der Waals surface area contributed by atoms with Gasteiger partial charge >= 0.3 is 0 Å². The molecule has 0 saturated carbocycles. The maximum absolute atomic E-state index is 10.6. The van der Waals surface area contributed by atoms with E-state index in [2.05, 4.69) is 10.6 Å². The van der Waals surface area contributed by atoms with Crippen LogP contribution in [0.1, 0.15) is 0 Å². The lowest BCUT2D eigenvalue weighted by Crippen LogP contribution is -2.13. The molecule has 2 aromatic carbocycles. The molecule has 0 aliphatic carbocycles. The van der Waals surface area contributed by atoms with Crippen molar-refractivity contribution in [3.8, 4) is 0 Å². The lowest BCUT2D eigenvalue weighted by atomic mass is 10.2. The van der Waals surface area contributed by atoms with Gasteiger partial charge in [0.05, 0.1) is 20.6 Å². The number of nitrogens with one attached hydrogen (secondary N) is 2. The van der Waals surface area contributed by atoms with E-state index in [1.807, 2.05) is 0 Å². The first-order chi connectivity index (χ1) is 11.0. The summed E-state index contributed by atoms with van der Waals surface area (Å²) in [5.74, 6) is 0. The van der Waals surface area contributed by atoms with Gasteiger partial charge in [-0.15, -0.1) is 0 Å². The summed E-state index contributed by atoms with van der Waals surface area (Å²) in [6.07, 6.45) is 0. The molecule has 0 bridgehead atoms. The van der Waals surface area contributed by atoms with Gasteiger partial charge in [0.1, 0.15) is 0 Å². The second-order valence-electron chi connectivity index (χ2n) is 4.58. The Hall–Kier alpha value is -2.87. The molecular formula is C14H13ClN4O4. The predicted molar refractivity (Wildman–Crippen MR) is 88.2 cm³/mol. The Labute approximate surface area is 136 Å². The normalized spacial score (nSPS) is 10.1. The SMILES string of the molecule is O=[N+]([O-])c1ccc(NCCNc2ccc([N+](=O)[O-])cc2Cl)cc1. The van der Waals surface area contributed by atoms with E-state index < -0.39 is 9.85 Å². The fraction of sp³-hybridized carbons (Fsp3) is 0.143. The second-order valence-corrected chi connectivity index (χ2v) is 4.99. The van der Waals surface area contributed by atoms with Gasteiger partial charge in [-0.3, -0.25) is 20.2 Å². The first kappa shape index (κ1) is 16.5. The average molecular weight is 337 g/mol. The number of nitro benzene ring substituents is 2. The minimum atomic E-state index is -0.508. The number of benzene rings is 2. The van der Waals surface area contributed by atoms with E-state index >= 15 is 0 Å². The summed E-state index contributed by atoms with van der Waals surface area (Å²) in [6, 6.07) is 10.3. The van der Waals surface area contributed by atoms with Crippen LogP contribution < -0.4 is 10.6 Å². The van der Waals surface area contributed by atoms with E-state index in [1.54, 1.807) is 18.2 Å². The fourth-order valence-electron chi connectivity index (χ4n) is 1.87. The summed E-state index contributed by atoms with van der Waals surface area (Å²) in [4.78, 5) is 20.2. The van der Waals surface area contributed by atoms with Crippen LogP contribution in [-0.2, 0) is 0 Å². The fourth-order valence-corrected chi connectivity index (χ4v) is 2.11. The lowest BCUT2D eigenvalue weighted by Gasteiger charge is -2.10. The lowest BCUT2D eigenvalue weighted by molar-refractivity contribution is -0.385. The summed E-state index contributed by atoms with van der Waals surface area (Å²) in [7, 11) is 0. The molecule has 0 aliphatic heterocycles. The average Bonchev–Trinajstić information content (AvgIpc) is 2.53. The Morgan fingerprint density at radius 3 is 2.00 bits per heavy atom. The molecule has 8 nitrogen and oxygen atoms in total. The molecule has 2 rings (SSSR count). The van der Waals surface area contributed by atoms with Crippen LogP contribution >= 0.6 is 11.6 Å². The van der Waals surface area contributed by atoms with Crippen LogP contribution in [0.25, 0.3) is 0 Å². The van der Waals surface area contributed by atoms with Crippen molar-refractivity contribution in [2.75, 3.05) is 23.7 Å². The number of non-ortho nitro benzene ring substituents is 2. The van der Waals surface area contributed by atoms with E-state index in [4.69, 9.17) is 11.6 Å². The number of halogens is 1. The molecule has 0 spiro atoms. The molecule has 9 heteroatoms. The Morgan fingerprint density at radius 2 is 1.43 bits per heavy atom. The number of hydrogen-bond acceptors (Lipinski definition) is 6. The standard InChI is InChI=1S/C14H13ClN4O4/c15-13-9-12(19(22)23)5-6-14(13)17-8-7-16-10-1-3-11(4-2-10)18(20)21/h1-6,9,16-17H,7-8H2. The van der Waals surface area contributed by atoms with Crippen LogP contribution in [0.15, 0.2) is 42.5 Å². The summed E-state index contributed by atoms with van der Waals surface area (Å²) >= 11 is 5.97. The zero-order chi connectivity index (χ0) is 16.8. The number of nitro groups is 2. The quantitative estimate of drug-likeness (QED) is 0.453. The first-order valence-corrected chi connectivity index (χ1v) is 7.01. The zero-order valence-electron chi connectivity index (χ0n) is 11.9. The number of nitrogens with zero attached hydrogens (tertiary/aromatic N) is 2. The van der Waals surface area contributed by atoms with Crippen LogP contribution in [0, 0.1) is 20.2 Å². The molecule has 0 aromatic heterocycles. The molecule has 0 aliphatic rings. The van der Waals surface area contributed by atoms with E-state index in [-0.39, 0.29) is 16.4 Å². The van der Waals surface area contributed by atoms with Gasteiger partial charge in [0.25, 0.3) is 11.4 Å². The molecule has 0 unspecified atom stereocenters. The molecule has 0 radical (unpaired) electrons. The summed E-state index contributed by atoms with van der Waals surface area (Å²) < 4.78 is 0. The second kappa shape index (κ2) is 7.41. The zero-order valence-corrected chi connectivity index (χ0v) is 12.6. The van der Waals surface area contributed by atoms with Crippen molar-refractivity contribution in [2.24, 2.45) is 0 Å². The Balaban J connectivity index is 1.83. The van der Waals surface area contributed by atoms with Gasteiger partial charge in [-0.1, -0.05) is 11.6 Å². The Bertz CT molecular complexity index is 721. The van der Waals surface area contributed by atoms with E-state index in [0.29, 0.717) is 18.8 Å². The largest absolute Gasteiger partial charge is 0.383 e. The third-order valence-corrected chi connectivity index (χ3v) is 3.32. The monoisotopic (exact) mass is 336 g/mol. The number of rotatable bonds is 7. The Kier molecular flexibility index (Phi) is 5.32. The molecule has 0 heterocycles. The smallest absolute Gasteiger partial charge is 0.271 e. The molecule has 120 valence electrons. The minimum Gasteiger partial charge on any atom is -0.383 e. The topological polar surface area (TPSA) is 110 Å². The maximum Gasteiger partial charge on any atom is 0.271 e. The Morgan fingerprint density at radius 1 is 0.870 bits per heavy atom. The highest BCUT2D eigenvalue weighted by Gasteiger charge is 2.09. The van der Waals surface area contributed by atoms with E-state index in [9.17, 15) is 20.2 Å². The molecule has 0 fully saturated rings. The van der Waals surface area contributed by atoms with Crippen molar-refractivity contribution in [1.82, 2.24) is 0 Å². The highest BCUT2D eigenvalue weighted by molar-refractivity contribution is 6.33. The minimum absolute atomic E-state index is 0.0336. The molecule has 2 N–H and O–H groups in total. The van der Waals surface area contributed by atoms with Gasteiger partial charge < -0.3 is 10.6 Å². The third kappa shape index (κ3) is 4.55. The van der Waals surface area contributed by atoms with Crippen molar-refractivity contribution < 1.29 is 9.85 Å². The van der Waals surface area contributed by atoms with Gasteiger partial charge in [-0.2, -0.15) is 0 Å². The maximum atomic E-state index is 10.6. The van der Waals surface area contributed by atoms with Crippen molar-refractivity contribution in [3.63, 3.8) is 0 Å². The predicted octanol–water partition coefficient (Wildman–Crippen LogP) is 3.68. The van der Waals surface area contributed by atoms with Crippen LogP contribution in [0.2, 0.25) is 5.02 Å². The van der Waals surface area contributed by atoms with E-state index in [0.717, 1.165) is 5.69 Å². The van der Waals surface area contributed by atoms with Gasteiger partial charge in [0.2, 0.25) is 0 Å². The first-order valence-electron chi connectivity index (χ1n) is 6.63. The highest BCUT2D eigenvalue weighted by atomic mass is 35.5. The van der Waals surface area contributed by atoms with Crippen LogP contribution in [0.3, 0.4) is 0 Å². The molecule has 2 aromatic rings. The summed E-state index contributed by atoms with van der Waals surface area (Å²) in [5.41, 5.74) is 1.32. The van der Waals surface area contributed by atoms with Crippen molar-refractivity contribution >= 4 is 34.4 Å². The van der Waals surface area contributed by atoms with Gasteiger partial charge in [0.15, 0.2) is 0 Å². The number of anilines is 2. The van der Waals surface area contributed by atoms with Crippen molar-refractivity contribution in [2.45, 2.75) is 0 Å². The summed E-state index contributed by atoms with van der Waals surface area (Å²) in [5, 5.41) is 27.6. The van der Waals surface area contributed by atoms with Gasteiger partial charge in [0, 0.05) is 43.0 Å². The van der Waals surface area contributed by atoms with Gasteiger partial charge in [-0.05, 0) is 18.2 Å². The van der Waals surface area contributed by atoms with Gasteiger partial charge in [-0.25, -0.2) is 0 Å². The number of hydrogen-bond donors (Lipinski definition) is 2. The molecule has 0 amide bonds. The van der Waals surface area contributed by atoms with Crippen molar-refractivity contribution in [1.29, 1.82) is 0 Å². The van der Waals surface area contributed by atoms with Crippen LogP contribution in [0.4, 0.5) is 22.7 Å². The van der Waals surface area contributed by atoms with Crippen LogP contribution in [-0.4, -0.2) is 22.9 Å². The molecule has 23 heavy (non-hydrogen) atoms. The van der Waals surface area contributed by atoms with Crippen LogP contribution in [0.5, 0.6) is 0 Å². The summed E-state index contributed by atoms with van der Waals surface area (Å²) in [6.45, 7) is 1.07. The third-order valence-electron chi connectivity index (χ3n) is 3.01. The highest BCUT2D eigenvalue weighted by Crippen LogP contribution is 2.26. The molecular weight excluding hydrogens is 324 g/mol. The van der Waals surface area contributed by atoms with Crippen molar-refractivity contribution in [3.05, 3.63) is 67.7 Å².